The molecule has 0 spiro atoms. The molecule has 19 aromatic rings. The van der Waals surface area contributed by atoms with Gasteiger partial charge in [0.05, 0.1) is 33.7 Å². The molecule has 554 valence electrons. The number of anilines is 2. The van der Waals surface area contributed by atoms with Crippen LogP contribution in [0.5, 0.6) is 0 Å². The van der Waals surface area contributed by atoms with Crippen molar-refractivity contribution in [1.29, 1.82) is 0 Å². The van der Waals surface area contributed by atoms with Crippen molar-refractivity contribution in [2.45, 2.75) is 12.8 Å². The minimum atomic E-state index is 0. The van der Waals surface area contributed by atoms with Gasteiger partial charge in [-0.05, 0) is 198 Å². The van der Waals surface area contributed by atoms with E-state index in [4.69, 9.17) is 15.0 Å². The molecule has 23 rings (SSSR count). The zero-order chi connectivity index (χ0) is 74.4. The SMILES string of the molecule is CN1C=CN(c2[c-]c(-n3c4[c-]c(-c5nc6cc(-c7ccc8c(c7)Cc7ccccc7-8)ccc6n5C)ccc4c4cc(-c5cccc6ccccc56)cnc43)ccc2)[CH-]1.CN1C=CN(c2[c-]c(-n3c4[c-]c(-c5nc6ccc(-c7ccc8c(c7)Cc7ccccc7-8)cc6n5C)ccc4c4cc(-c5ccccc5)ccc43)ccc2)[CH-]1.[Pt].[Pt]. The molecule has 4 aliphatic rings. The third kappa shape index (κ3) is 11.8. The summed E-state index contributed by atoms with van der Waals surface area (Å²) < 4.78 is 8.88. The molecule has 0 atom stereocenters. The van der Waals surface area contributed by atoms with E-state index >= 15 is 0 Å². The number of aromatic nitrogens is 7. The van der Waals surface area contributed by atoms with Crippen molar-refractivity contribution in [2.75, 3.05) is 23.9 Å². The van der Waals surface area contributed by atoms with Crippen molar-refractivity contribution >= 4 is 88.0 Å². The minimum absolute atomic E-state index is 0. The first-order valence-electron chi connectivity index (χ1n) is 38.0. The van der Waals surface area contributed by atoms with Gasteiger partial charge >= 0.3 is 0 Å². The molecule has 2 aliphatic carbocycles. The Balaban J connectivity index is 0.000000146. The Morgan fingerprint density at radius 2 is 0.807 bits per heavy atom. The van der Waals surface area contributed by atoms with E-state index in [1.165, 1.54) is 88.5 Å². The Morgan fingerprint density at radius 3 is 1.46 bits per heavy atom. The van der Waals surface area contributed by atoms with Crippen molar-refractivity contribution in [3.63, 3.8) is 0 Å². The normalized spacial score (nSPS) is 13.2. The van der Waals surface area contributed by atoms with Crippen LogP contribution in [0.25, 0.3) is 177 Å². The van der Waals surface area contributed by atoms with Crippen molar-refractivity contribution in [3.05, 3.63) is 370 Å². The summed E-state index contributed by atoms with van der Waals surface area (Å²) in [4.78, 5) is 23.9. The van der Waals surface area contributed by atoms with Gasteiger partial charge in [0, 0.05) is 73.5 Å². The predicted octanol–water partition coefficient (Wildman–Crippen LogP) is 22.9. The number of hydrogen-bond donors (Lipinski definition) is 0. The number of imidazole rings is 2. The monoisotopic (exact) mass is 1830 g/mol. The van der Waals surface area contributed by atoms with Gasteiger partial charge in [-0.15, -0.1) is 95.3 Å². The molecule has 14 aromatic carbocycles. The van der Waals surface area contributed by atoms with Gasteiger partial charge in [-0.25, -0.2) is 4.98 Å². The summed E-state index contributed by atoms with van der Waals surface area (Å²) in [7, 11) is 8.26. The van der Waals surface area contributed by atoms with Crippen LogP contribution in [0.4, 0.5) is 11.4 Å². The van der Waals surface area contributed by atoms with Gasteiger partial charge in [0.2, 0.25) is 0 Å². The molecule has 0 unspecified atom stereocenters. The first-order chi connectivity index (χ1) is 55.1. The second-order valence-corrected chi connectivity index (χ2v) is 29.8. The summed E-state index contributed by atoms with van der Waals surface area (Å²) in [6.45, 7) is 4.10. The van der Waals surface area contributed by atoms with Gasteiger partial charge in [-0.1, -0.05) is 210 Å². The van der Waals surface area contributed by atoms with E-state index in [0.29, 0.717) is 0 Å². The second-order valence-electron chi connectivity index (χ2n) is 29.8. The topological polar surface area (TPSA) is 71.4 Å². The Morgan fingerprint density at radius 1 is 0.316 bits per heavy atom. The first-order valence-corrected chi connectivity index (χ1v) is 38.0. The zero-order valence-corrected chi connectivity index (χ0v) is 67.1. The molecule has 0 saturated carbocycles. The van der Waals surface area contributed by atoms with E-state index in [0.717, 1.165) is 135 Å². The number of nitrogens with zero attached hydrogens (tertiary/aromatic N) is 11. The molecule has 5 aromatic heterocycles. The van der Waals surface area contributed by atoms with Crippen molar-refractivity contribution in [2.24, 2.45) is 14.1 Å². The van der Waals surface area contributed by atoms with E-state index in [1.807, 2.05) is 55.4 Å². The quantitative estimate of drug-likeness (QED) is 0.126. The molecule has 13 heteroatoms. The van der Waals surface area contributed by atoms with Gasteiger partial charge in [0.25, 0.3) is 0 Å². The zero-order valence-electron chi connectivity index (χ0n) is 62.6. The molecule has 0 bridgehead atoms. The fraction of sp³-hybridized carbons (Fsp3) is 0.0594. The number of hydrogen-bond acceptors (Lipinski definition) is 7. The first kappa shape index (κ1) is 70.2. The summed E-state index contributed by atoms with van der Waals surface area (Å²) in [5, 5.41) is 6.85. The Labute approximate surface area is 689 Å². The number of benzene rings is 14. The van der Waals surface area contributed by atoms with Crippen LogP contribution in [0.15, 0.2) is 310 Å². The standard InChI is InChI=1S/C52H35N6.C49H34N5.2Pt/c1-55-23-24-57(32-55)40-12-8-13-41(30-40)58-50-29-37(18-21-46(50)47-27-39(31-53-52(47)58)44-16-7-11-33-9-3-5-14-42(33)44)51-54-48-28-35(19-22-49(48)56(51)2)34-17-20-45-38(25-34)26-36-10-4-6-15-43(36)45;1-51-23-24-53(31-51)39-12-8-13-40(30-39)54-46-22-18-34(32-9-4-3-5-10-32)27-44(46)43-20-16-37(29-47(43)54)49-50-45-21-17-35(28-48(45)52(49)2)33-15-19-42-38(25-33)26-36-11-6-7-14-41(36)42;;/h3-25,27-28,31-32H,26H2,1-2H3;3-25,27-28,31H,26H2,1-2H3;;/q2*-3;;. The van der Waals surface area contributed by atoms with E-state index in [9.17, 15) is 0 Å². The maximum absolute atomic E-state index is 5.27. The van der Waals surface area contributed by atoms with Crippen LogP contribution >= 0.6 is 0 Å². The number of rotatable bonds is 10. The molecule has 0 radical (unpaired) electrons. The van der Waals surface area contributed by atoms with E-state index < -0.39 is 0 Å². The fourth-order valence-electron chi connectivity index (χ4n) is 17.5. The maximum atomic E-state index is 5.27. The molecule has 0 saturated heterocycles. The van der Waals surface area contributed by atoms with Crippen LogP contribution in [-0.4, -0.2) is 57.1 Å². The number of aryl methyl sites for hydroxylation is 2. The average Bonchev–Trinajstić information content (AvgIpc) is 1.58. The van der Waals surface area contributed by atoms with Gasteiger partial charge in [-0.2, -0.15) is 25.5 Å². The minimum Gasteiger partial charge on any atom is -0.510 e. The van der Waals surface area contributed by atoms with Gasteiger partial charge < -0.3 is 37.9 Å². The molecular weight excluding hydrogens is 1760 g/mol. The third-order valence-electron chi connectivity index (χ3n) is 23.0. The van der Waals surface area contributed by atoms with Crippen LogP contribution in [0.3, 0.4) is 0 Å². The second kappa shape index (κ2) is 28.1. The Bertz CT molecular complexity index is 7190. The fourth-order valence-corrected chi connectivity index (χ4v) is 17.5. The van der Waals surface area contributed by atoms with E-state index in [-0.39, 0.29) is 42.1 Å². The average molecular weight is 1830 g/mol. The van der Waals surface area contributed by atoms with Crippen molar-refractivity contribution < 1.29 is 42.1 Å². The summed E-state index contributed by atoms with van der Waals surface area (Å²) in [5.41, 5.74) is 33.9. The predicted molar refractivity (Wildman–Crippen MR) is 457 cm³/mol. The van der Waals surface area contributed by atoms with Crippen LogP contribution in [0, 0.1) is 37.6 Å². The summed E-state index contributed by atoms with van der Waals surface area (Å²) >= 11 is 0. The Kier molecular flexibility index (Phi) is 17.3. The molecule has 0 fully saturated rings. The van der Waals surface area contributed by atoms with E-state index in [2.05, 4.69) is 358 Å². The van der Waals surface area contributed by atoms with Crippen molar-refractivity contribution in [3.8, 4) is 101 Å². The molecule has 7 heterocycles. The smallest absolute Gasteiger partial charge is 0.132 e. The number of fused-ring (bicyclic) bond motifs is 15. The maximum Gasteiger partial charge on any atom is 0.132 e. The van der Waals surface area contributed by atoms with Gasteiger partial charge in [0.15, 0.2) is 0 Å². The van der Waals surface area contributed by atoms with Crippen LogP contribution in [-0.2, 0) is 69.1 Å². The molecule has 0 amide bonds. The largest absolute Gasteiger partial charge is 0.510 e. The van der Waals surface area contributed by atoms with E-state index in [1.54, 1.807) is 0 Å². The molecule has 2 aliphatic heterocycles. The van der Waals surface area contributed by atoms with Gasteiger partial charge in [0.1, 0.15) is 5.65 Å². The van der Waals surface area contributed by atoms with Crippen molar-refractivity contribution in [1.82, 2.24) is 43.0 Å². The molecule has 114 heavy (non-hydrogen) atoms. The van der Waals surface area contributed by atoms with Crippen LogP contribution in [0.2, 0.25) is 0 Å². The molecule has 0 N–H and O–H groups in total. The summed E-state index contributed by atoms with van der Waals surface area (Å²) in [6, 6.07) is 116. The molecular formula is C101H69N11Pt2-6. The number of pyridine rings is 1. The van der Waals surface area contributed by atoms with Crippen LogP contribution in [0.1, 0.15) is 22.3 Å². The Hall–Kier alpha value is -12.9. The van der Waals surface area contributed by atoms with Gasteiger partial charge in [-0.3, -0.25) is 9.97 Å². The summed E-state index contributed by atoms with van der Waals surface area (Å²) in [6.07, 6.45) is 12.1. The third-order valence-corrected chi connectivity index (χ3v) is 23.0. The van der Waals surface area contributed by atoms with Crippen LogP contribution < -0.4 is 9.80 Å². The summed E-state index contributed by atoms with van der Waals surface area (Å²) in [5.74, 6) is 1.74. The molecule has 11 nitrogen and oxygen atoms in total.